The minimum Gasteiger partial charge on any atom is -0.384 e. The number of fused-ring (bicyclic) bond motifs is 1. The van der Waals surface area contributed by atoms with E-state index in [1.54, 1.807) is 7.11 Å². The molecule has 134 valence electrons. The highest BCUT2D eigenvalue weighted by Crippen LogP contribution is 2.21. The van der Waals surface area contributed by atoms with Crippen molar-refractivity contribution >= 4 is 29.3 Å². The summed E-state index contributed by atoms with van der Waals surface area (Å²) in [6.45, 7) is 2.70. The number of nitrogens with one attached hydrogen (secondary N) is 1. The molecule has 1 amide bonds. The number of nitrogens with zero attached hydrogens (tertiary/aromatic N) is 1. The monoisotopic (exact) mass is 358 g/mol. The molecular formula is C20H26N2O2S. The van der Waals surface area contributed by atoms with Crippen LogP contribution in [0.25, 0.3) is 10.8 Å². The third-order valence-electron chi connectivity index (χ3n) is 4.75. The van der Waals surface area contributed by atoms with Crippen molar-refractivity contribution in [1.82, 2.24) is 10.2 Å². The number of hydrogen-bond acceptors (Lipinski definition) is 4. The van der Waals surface area contributed by atoms with E-state index in [0.29, 0.717) is 37.4 Å². The number of hydrogen-bond donors (Lipinski definition) is 2. The SMILES string of the molecule is COCCC(=O)N(Cc1cccc2ccccc12)C[C@@H]1C[C@H](S)CN1. The number of ether oxygens (including phenoxy) is 1. The van der Waals surface area contributed by atoms with E-state index < -0.39 is 0 Å². The molecule has 25 heavy (non-hydrogen) atoms. The van der Waals surface area contributed by atoms with E-state index >= 15 is 0 Å². The summed E-state index contributed by atoms with van der Waals surface area (Å²) in [6.07, 6.45) is 1.41. The smallest absolute Gasteiger partial charge is 0.225 e. The lowest BCUT2D eigenvalue weighted by molar-refractivity contribution is -0.133. The number of carbonyl (C=O) groups is 1. The molecule has 0 aromatic heterocycles. The molecule has 1 heterocycles. The maximum atomic E-state index is 12.7. The third-order valence-corrected chi connectivity index (χ3v) is 5.15. The second-order valence-electron chi connectivity index (χ2n) is 6.65. The molecule has 0 spiro atoms. The Morgan fingerprint density at radius 2 is 2.08 bits per heavy atom. The van der Waals surface area contributed by atoms with Crippen LogP contribution in [0.15, 0.2) is 42.5 Å². The zero-order valence-corrected chi connectivity index (χ0v) is 15.5. The first kappa shape index (κ1) is 18.2. The summed E-state index contributed by atoms with van der Waals surface area (Å²) in [5.41, 5.74) is 1.18. The molecule has 2 aromatic carbocycles. The van der Waals surface area contributed by atoms with Gasteiger partial charge in [-0.05, 0) is 22.8 Å². The van der Waals surface area contributed by atoms with Gasteiger partial charge in [0.05, 0.1) is 13.0 Å². The fourth-order valence-electron chi connectivity index (χ4n) is 3.44. The minimum atomic E-state index is 0.138. The van der Waals surface area contributed by atoms with E-state index in [4.69, 9.17) is 4.74 Å². The van der Waals surface area contributed by atoms with Crippen molar-refractivity contribution in [2.75, 3.05) is 26.8 Å². The molecule has 1 saturated heterocycles. The van der Waals surface area contributed by atoms with Gasteiger partial charge in [0.15, 0.2) is 0 Å². The molecule has 1 N–H and O–H groups in total. The van der Waals surface area contributed by atoms with E-state index in [9.17, 15) is 4.79 Å². The number of benzene rings is 2. The Hall–Kier alpha value is -1.56. The van der Waals surface area contributed by atoms with Gasteiger partial charge in [0, 0.05) is 38.0 Å². The Labute approximate surface area is 154 Å². The summed E-state index contributed by atoms with van der Waals surface area (Å²) < 4.78 is 5.09. The number of methoxy groups -OCH3 is 1. The Balaban J connectivity index is 1.79. The summed E-state index contributed by atoms with van der Waals surface area (Å²) >= 11 is 4.54. The lowest BCUT2D eigenvalue weighted by Gasteiger charge is -2.27. The Bertz CT molecular complexity index is 716. The van der Waals surface area contributed by atoms with Crippen molar-refractivity contribution in [2.24, 2.45) is 0 Å². The fraction of sp³-hybridized carbons (Fsp3) is 0.450. The van der Waals surface area contributed by atoms with E-state index in [1.165, 1.54) is 16.3 Å². The van der Waals surface area contributed by atoms with Crippen LogP contribution in [-0.4, -0.2) is 48.9 Å². The van der Waals surface area contributed by atoms with Gasteiger partial charge in [-0.15, -0.1) is 0 Å². The molecule has 4 nitrogen and oxygen atoms in total. The first-order chi connectivity index (χ1) is 12.2. The number of rotatable bonds is 7. The van der Waals surface area contributed by atoms with Crippen LogP contribution in [0.2, 0.25) is 0 Å². The Morgan fingerprint density at radius 3 is 2.84 bits per heavy atom. The van der Waals surface area contributed by atoms with Crippen LogP contribution < -0.4 is 5.32 Å². The summed E-state index contributed by atoms with van der Waals surface area (Å²) in [7, 11) is 1.63. The van der Waals surface area contributed by atoms with Gasteiger partial charge in [-0.1, -0.05) is 42.5 Å². The predicted octanol–water partition coefficient (Wildman–Crippen LogP) is 2.87. The van der Waals surface area contributed by atoms with Crippen LogP contribution in [0.4, 0.5) is 0 Å². The normalized spacial score (nSPS) is 20.1. The summed E-state index contributed by atoms with van der Waals surface area (Å²) in [5, 5.41) is 6.26. The third kappa shape index (κ3) is 4.75. The van der Waals surface area contributed by atoms with Gasteiger partial charge >= 0.3 is 0 Å². The van der Waals surface area contributed by atoms with E-state index in [1.807, 2.05) is 17.0 Å². The largest absolute Gasteiger partial charge is 0.384 e. The Kier molecular flexibility index (Phi) is 6.34. The van der Waals surface area contributed by atoms with E-state index in [-0.39, 0.29) is 5.91 Å². The topological polar surface area (TPSA) is 41.6 Å². The highest BCUT2D eigenvalue weighted by molar-refractivity contribution is 7.81. The molecule has 2 aromatic rings. The highest BCUT2D eigenvalue weighted by atomic mass is 32.1. The van der Waals surface area contributed by atoms with Gasteiger partial charge in [-0.3, -0.25) is 4.79 Å². The average Bonchev–Trinajstić information content (AvgIpc) is 3.04. The summed E-state index contributed by atoms with van der Waals surface area (Å²) in [5.74, 6) is 0.138. The van der Waals surface area contributed by atoms with Crippen molar-refractivity contribution in [3.8, 4) is 0 Å². The number of amides is 1. The molecule has 1 aliphatic heterocycles. The number of thiol groups is 1. The van der Waals surface area contributed by atoms with E-state index in [2.05, 4.69) is 48.3 Å². The molecule has 0 unspecified atom stereocenters. The van der Waals surface area contributed by atoms with Gasteiger partial charge in [0.1, 0.15) is 0 Å². The average molecular weight is 359 g/mol. The van der Waals surface area contributed by atoms with Gasteiger partial charge in [0.25, 0.3) is 0 Å². The number of carbonyl (C=O) groups excluding carboxylic acids is 1. The molecule has 3 rings (SSSR count). The van der Waals surface area contributed by atoms with E-state index in [0.717, 1.165) is 13.0 Å². The van der Waals surface area contributed by atoms with Crippen molar-refractivity contribution in [1.29, 1.82) is 0 Å². The van der Waals surface area contributed by atoms with Crippen molar-refractivity contribution < 1.29 is 9.53 Å². The second kappa shape index (κ2) is 8.70. The summed E-state index contributed by atoms with van der Waals surface area (Å²) in [6, 6.07) is 14.9. The minimum absolute atomic E-state index is 0.138. The maximum absolute atomic E-state index is 12.7. The molecule has 0 saturated carbocycles. The highest BCUT2D eigenvalue weighted by Gasteiger charge is 2.25. The van der Waals surface area contributed by atoms with Gasteiger partial charge < -0.3 is 15.0 Å². The lowest BCUT2D eigenvalue weighted by atomic mass is 10.0. The predicted molar refractivity (Wildman–Crippen MR) is 105 cm³/mol. The van der Waals surface area contributed by atoms with Crippen LogP contribution >= 0.6 is 12.6 Å². The molecule has 1 aliphatic rings. The molecule has 0 bridgehead atoms. The van der Waals surface area contributed by atoms with Crippen LogP contribution in [0.5, 0.6) is 0 Å². The van der Waals surface area contributed by atoms with Crippen LogP contribution in [0, 0.1) is 0 Å². The molecule has 0 radical (unpaired) electrons. The molecule has 1 fully saturated rings. The Morgan fingerprint density at radius 1 is 1.28 bits per heavy atom. The van der Waals surface area contributed by atoms with Crippen LogP contribution in [0.3, 0.4) is 0 Å². The van der Waals surface area contributed by atoms with Gasteiger partial charge in [-0.25, -0.2) is 0 Å². The molecule has 2 atom stereocenters. The van der Waals surface area contributed by atoms with Crippen molar-refractivity contribution in [3.63, 3.8) is 0 Å². The first-order valence-corrected chi connectivity index (χ1v) is 9.34. The lowest BCUT2D eigenvalue weighted by Crippen LogP contribution is -2.41. The molecular weight excluding hydrogens is 332 g/mol. The first-order valence-electron chi connectivity index (χ1n) is 8.82. The zero-order valence-electron chi connectivity index (χ0n) is 14.6. The fourth-order valence-corrected chi connectivity index (χ4v) is 3.80. The second-order valence-corrected chi connectivity index (χ2v) is 7.38. The van der Waals surface area contributed by atoms with Gasteiger partial charge in [0.2, 0.25) is 5.91 Å². The van der Waals surface area contributed by atoms with Crippen LogP contribution in [-0.2, 0) is 16.1 Å². The standard InChI is InChI=1S/C20H26N2O2S/c1-24-10-9-20(23)22(14-17-11-18(25)12-21-17)13-16-7-4-6-15-5-2-3-8-19(15)16/h2-8,17-18,21,25H,9-14H2,1H3/t17-,18-/m0/s1. The van der Waals surface area contributed by atoms with Gasteiger partial charge in [-0.2, -0.15) is 12.6 Å². The summed E-state index contributed by atoms with van der Waals surface area (Å²) in [4.78, 5) is 14.7. The van der Waals surface area contributed by atoms with Crippen molar-refractivity contribution in [3.05, 3.63) is 48.0 Å². The maximum Gasteiger partial charge on any atom is 0.225 e. The van der Waals surface area contributed by atoms with Crippen LogP contribution in [0.1, 0.15) is 18.4 Å². The quantitative estimate of drug-likeness (QED) is 0.748. The van der Waals surface area contributed by atoms with Crippen molar-refractivity contribution in [2.45, 2.75) is 30.7 Å². The molecule has 0 aliphatic carbocycles. The zero-order chi connectivity index (χ0) is 17.6. The molecule has 5 heteroatoms.